The molecule has 1 unspecified atom stereocenters. The minimum atomic E-state index is -0.898. The van der Waals surface area contributed by atoms with Gasteiger partial charge in [0.2, 0.25) is 5.91 Å². The molecular formula is C26H39N3O5. The summed E-state index contributed by atoms with van der Waals surface area (Å²) >= 11 is 0. The predicted octanol–water partition coefficient (Wildman–Crippen LogP) is 1.99. The first-order valence-electron chi connectivity index (χ1n) is 11.8. The molecule has 0 saturated carbocycles. The molecule has 0 saturated heterocycles. The van der Waals surface area contributed by atoms with Gasteiger partial charge in [0.05, 0.1) is 31.4 Å². The fourth-order valence-corrected chi connectivity index (χ4v) is 3.81. The summed E-state index contributed by atoms with van der Waals surface area (Å²) in [4.78, 5) is 16.6. The van der Waals surface area contributed by atoms with Gasteiger partial charge in [0.25, 0.3) is 0 Å². The standard InChI is InChI=1S/C26H39N3O5/c1-5-17(2)21(15-30)29-25(34)12-18-7-6-8-19(11-18)13-26(3,4)27-14-24(33)20-9-10-23(32)22(16-31)28-20/h6-11,17,21,24,27,30-33H,5,12-16H2,1-4H3,(H,29,34)/t17-,21+,24?/m0/s1. The van der Waals surface area contributed by atoms with Gasteiger partial charge in [-0.1, -0.05) is 44.5 Å². The van der Waals surface area contributed by atoms with Crippen molar-refractivity contribution < 1.29 is 25.2 Å². The zero-order chi connectivity index (χ0) is 25.3. The molecule has 0 aliphatic carbocycles. The van der Waals surface area contributed by atoms with E-state index in [2.05, 4.69) is 15.6 Å². The molecule has 0 fully saturated rings. The lowest BCUT2D eigenvalue weighted by Gasteiger charge is -2.28. The third-order valence-electron chi connectivity index (χ3n) is 6.11. The molecule has 2 aromatic rings. The number of nitrogens with zero attached hydrogens (tertiary/aromatic N) is 1. The molecular weight excluding hydrogens is 434 g/mol. The Hall–Kier alpha value is -2.52. The minimum Gasteiger partial charge on any atom is -0.506 e. The van der Waals surface area contributed by atoms with E-state index in [4.69, 9.17) is 0 Å². The number of nitrogens with one attached hydrogen (secondary N) is 2. The van der Waals surface area contributed by atoms with Crippen LogP contribution < -0.4 is 10.6 Å². The largest absolute Gasteiger partial charge is 0.506 e. The lowest BCUT2D eigenvalue weighted by molar-refractivity contribution is -0.121. The first-order chi connectivity index (χ1) is 16.1. The van der Waals surface area contributed by atoms with Crippen molar-refractivity contribution in [2.24, 2.45) is 5.92 Å². The summed E-state index contributed by atoms with van der Waals surface area (Å²) in [5.41, 5.74) is 2.11. The minimum absolute atomic E-state index is 0.0759. The van der Waals surface area contributed by atoms with Crippen LogP contribution in [0.2, 0.25) is 0 Å². The highest BCUT2D eigenvalue weighted by molar-refractivity contribution is 5.79. The molecule has 3 atom stereocenters. The second-order valence-electron chi connectivity index (χ2n) is 9.56. The van der Waals surface area contributed by atoms with Gasteiger partial charge in [0.1, 0.15) is 17.5 Å². The number of β-amino-alcohol motifs (C(OH)–C–C–N with tert-alkyl or cyclic N) is 1. The molecule has 0 spiro atoms. The molecule has 1 aromatic heterocycles. The second kappa shape index (κ2) is 12.8. The molecule has 1 heterocycles. The van der Waals surface area contributed by atoms with Crippen LogP contribution in [-0.2, 0) is 24.2 Å². The number of amides is 1. The number of aliphatic hydroxyl groups excluding tert-OH is 3. The van der Waals surface area contributed by atoms with E-state index in [1.54, 1.807) is 0 Å². The fraction of sp³-hybridized carbons (Fsp3) is 0.538. The number of aromatic hydroxyl groups is 1. The third-order valence-corrected chi connectivity index (χ3v) is 6.11. The highest BCUT2D eigenvalue weighted by Gasteiger charge is 2.22. The van der Waals surface area contributed by atoms with Crippen molar-refractivity contribution in [3.8, 4) is 5.75 Å². The molecule has 0 radical (unpaired) electrons. The first kappa shape index (κ1) is 27.7. The fourth-order valence-electron chi connectivity index (χ4n) is 3.81. The Morgan fingerprint density at radius 3 is 2.50 bits per heavy atom. The molecule has 0 bridgehead atoms. The average molecular weight is 474 g/mol. The van der Waals surface area contributed by atoms with Crippen LogP contribution in [0.15, 0.2) is 36.4 Å². The number of carbonyl (C=O) groups excluding carboxylic acids is 1. The molecule has 0 aliphatic rings. The van der Waals surface area contributed by atoms with E-state index in [-0.39, 0.29) is 54.4 Å². The Kier molecular flexibility index (Phi) is 10.4. The van der Waals surface area contributed by atoms with Gasteiger partial charge in [-0.15, -0.1) is 0 Å². The number of pyridine rings is 1. The van der Waals surface area contributed by atoms with Crippen LogP contribution in [0.25, 0.3) is 0 Å². The van der Waals surface area contributed by atoms with Crippen LogP contribution in [0.1, 0.15) is 62.7 Å². The number of benzene rings is 1. The van der Waals surface area contributed by atoms with E-state index in [0.717, 1.165) is 17.5 Å². The molecule has 188 valence electrons. The van der Waals surface area contributed by atoms with Gasteiger partial charge in [-0.25, -0.2) is 4.98 Å². The number of hydrogen-bond donors (Lipinski definition) is 6. The molecule has 0 aliphatic heterocycles. The molecule has 8 nitrogen and oxygen atoms in total. The quantitative estimate of drug-likeness (QED) is 0.262. The van der Waals surface area contributed by atoms with Gasteiger partial charge >= 0.3 is 0 Å². The van der Waals surface area contributed by atoms with Crippen LogP contribution in [0.5, 0.6) is 5.75 Å². The van der Waals surface area contributed by atoms with Gasteiger partial charge in [0.15, 0.2) is 0 Å². The SMILES string of the molecule is CC[C@H](C)[C@@H](CO)NC(=O)Cc1cccc(CC(C)(C)NCC(O)c2ccc(O)c(CO)n2)c1. The first-order valence-corrected chi connectivity index (χ1v) is 11.8. The smallest absolute Gasteiger partial charge is 0.224 e. The summed E-state index contributed by atoms with van der Waals surface area (Å²) < 4.78 is 0. The van der Waals surface area contributed by atoms with Gasteiger partial charge in [-0.3, -0.25) is 4.79 Å². The van der Waals surface area contributed by atoms with Crippen LogP contribution in [0.4, 0.5) is 0 Å². The van der Waals surface area contributed by atoms with Gasteiger partial charge in [0, 0.05) is 12.1 Å². The Morgan fingerprint density at radius 2 is 1.85 bits per heavy atom. The maximum absolute atomic E-state index is 12.5. The predicted molar refractivity (Wildman–Crippen MR) is 131 cm³/mol. The Morgan fingerprint density at radius 1 is 1.15 bits per heavy atom. The van der Waals surface area contributed by atoms with Crippen LogP contribution in [0, 0.1) is 5.92 Å². The number of aliphatic hydroxyl groups is 3. The molecule has 2 rings (SSSR count). The summed E-state index contributed by atoms with van der Waals surface area (Å²) in [6.45, 7) is 7.87. The number of carbonyl (C=O) groups is 1. The Labute approximate surface area is 202 Å². The summed E-state index contributed by atoms with van der Waals surface area (Å²) in [5, 5.41) is 45.2. The van der Waals surface area contributed by atoms with Crippen LogP contribution in [-0.4, -0.2) is 56.0 Å². The van der Waals surface area contributed by atoms with Gasteiger partial charge < -0.3 is 31.1 Å². The third kappa shape index (κ3) is 8.36. The zero-order valence-electron chi connectivity index (χ0n) is 20.6. The molecule has 1 aromatic carbocycles. The topological polar surface area (TPSA) is 135 Å². The maximum Gasteiger partial charge on any atom is 0.224 e. The van der Waals surface area contributed by atoms with E-state index in [1.165, 1.54) is 12.1 Å². The molecule has 8 heteroatoms. The lowest BCUT2D eigenvalue weighted by Crippen LogP contribution is -2.43. The maximum atomic E-state index is 12.5. The van der Waals surface area contributed by atoms with Crippen molar-refractivity contribution in [2.75, 3.05) is 13.2 Å². The summed E-state index contributed by atoms with van der Waals surface area (Å²) in [6.07, 6.45) is 0.896. The monoisotopic (exact) mass is 473 g/mol. The summed E-state index contributed by atoms with van der Waals surface area (Å²) in [5.74, 6) is -0.0118. The van der Waals surface area contributed by atoms with Crippen molar-refractivity contribution in [2.45, 2.75) is 71.2 Å². The van der Waals surface area contributed by atoms with Gasteiger partial charge in [-0.2, -0.15) is 0 Å². The number of aromatic nitrogens is 1. The molecule has 6 N–H and O–H groups in total. The zero-order valence-corrected chi connectivity index (χ0v) is 20.6. The molecule has 34 heavy (non-hydrogen) atoms. The summed E-state index contributed by atoms with van der Waals surface area (Å²) in [7, 11) is 0. The van der Waals surface area contributed by atoms with Crippen LogP contribution >= 0.6 is 0 Å². The average Bonchev–Trinajstić information content (AvgIpc) is 2.80. The Balaban J connectivity index is 1.95. The van der Waals surface area contributed by atoms with E-state index >= 15 is 0 Å². The van der Waals surface area contributed by atoms with Crippen molar-refractivity contribution in [1.82, 2.24) is 15.6 Å². The van der Waals surface area contributed by atoms with E-state index in [1.807, 2.05) is 52.0 Å². The lowest BCUT2D eigenvalue weighted by atomic mass is 9.93. The van der Waals surface area contributed by atoms with Crippen molar-refractivity contribution in [3.63, 3.8) is 0 Å². The normalized spacial score (nSPS) is 14.4. The van der Waals surface area contributed by atoms with E-state index in [0.29, 0.717) is 12.1 Å². The Bertz CT molecular complexity index is 934. The highest BCUT2D eigenvalue weighted by atomic mass is 16.3. The van der Waals surface area contributed by atoms with E-state index in [9.17, 15) is 25.2 Å². The van der Waals surface area contributed by atoms with Crippen molar-refractivity contribution in [1.29, 1.82) is 0 Å². The van der Waals surface area contributed by atoms with Crippen molar-refractivity contribution >= 4 is 5.91 Å². The number of hydrogen-bond acceptors (Lipinski definition) is 7. The summed E-state index contributed by atoms with van der Waals surface area (Å²) in [6, 6.07) is 10.6. The van der Waals surface area contributed by atoms with E-state index < -0.39 is 12.7 Å². The highest BCUT2D eigenvalue weighted by Crippen LogP contribution is 2.20. The number of rotatable bonds is 13. The van der Waals surface area contributed by atoms with Crippen LogP contribution in [0.3, 0.4) is 0 Å². The van der Waals surface area contributed by atoms with Gasteiger partial charge in [-0.05, 0) is 49.4 Å². The van der Waals surface area contributed by atoms with Crippen molar-refractivity contribution in [3.05, 3.63) is 58.9 Å². The second-order valence-corrected chi connectivity index (χ2v) is 9.56. The molecule has 1 amide bonds.